The fourth-order valence-corrected chi connectivity index (χ4v) is 2.91. The van der Waals surface area contributed by atoms with E-state index in [9.17, 15) is 37.5 Å². The van der Waals surface area contributed by atoms with Crippen molar-refractivity contribution in [2.45, 2.75) is 39.5 Å². The van der Waals surface area contributed by atoms with E-state index in [1.807, 2.05) is 0 Å². The fourth-order valence-electron chi connectivity index (χ4n) is 1.78. The maximum Gasteiger partial charge on any atom is 1.00 e. The van der Waals surface area contributed by atoms with Crippen LogP contribution in [0, 0.1) is 5.92 Å². The minimum atomic E-state index is -4.00. The number of carboxylic acid groups (broad SMARTS) is 1. The molecule has 0 aromatic heterocycles. The largest absolute Gasteiger partial charge is 1.00 e. The van der Waals surface area contributed by atoms with Crippen molar-refractivity contribution >= 4 is 39.7 Å². The molecule has 186 valence electrons. The van der Waals surface area contributed by atoms with Crippen LogP contribution in [0.25, 0.3) is 0 Å². The molecule has 1 atom stereocenters. The summed E-state index contributed by atoms with van der Waals surface area (Å²) in [7, 11) is -3.04. The van der Waals surface area contributed by atoms with Gasteiger partial charge in [-0.05, 0) is 26.3 Å². The van der Waals surface area contributed by atoms with E-state index in [0.717, 1.165) is 7.11 Å². The van der Waals surface area contributed by atoms with E-state index >= 15 is 0 Å². The van der Waals surface area contributed by atoms with Gasteiger partial charge in [-0.1, -0.05) is 27.0 Å². The molecule has 1 unspecified atom stereocenters. The zero-order valence-corrected chi connectivity index (χ0v) is 22.9. The van der Waals surface area contributed by atoms with Gasteiger partial charge in [-0.25, -0.2) is 4.79 Å². The monoisotopic (exact) mass is 513 g/mol. The van der Waals surface area contributed by atoms with E-state index in [4.69, 9.17) is 0 Å². The molecule has 0 rings (SSSR count). The van der Waals surface area contributed by atoms with Gasteiger partial charge in [-0.2, -0.15) is 8.42 Å². The maximum atomic E-state index is 11.7. The van der Waals surface area contributed by atoms with Crippen LogP contribution >= 0.6 is 0 Å². The molecule has 0 aliphatic rings. The molecule has 0 aromatic carbocycles. The van der Waals surface area contributed by atoms with Crippen LogP contribution in [0.5, 0.6) is 0 Å². The molecule has 0 fully saturated rings. The maximum absolute atomic E-state index is 11.7. The van der Waals surface area contributed by atoms with Gasteiger partial charge >= 0.3 is 41.5 Å². The van der Waals surface area contributed by atoms with Crippen LogP contribution in [0.2, 0.25) is 0 Å². The van der Waals surface area contributed by atoms with Gasteiger partial charge in [0.2, 0.25) is 5.76 Å². The van der Waals surface area contributed by atoms with Crippen LogP contribution in [0.3, 0.4) is 0 Å². The number of ether oxygens (including phenoxy) is 2. The Bertz CT molecular complexity index is 923. The van der Waals surface area contributed by atoms with Crippen molar-refractivity contribution in [2.75, 3.05) is 13.7 Å². The molecule has 14 heteroatoms. The molecule has 0 radical (unpaired) electrons. The molecule has 12 nitrogen and oxygen atoms in total. The number of nitrogens with one attached hydrogen (secondary N) is 1. The van der Waals surface area contributed by atoms with Crippen LogP contribution < -0.4 is 40.0 Å². The van der Waals surface area contributed by atoms with E-state index in [1.165, 1.54) is 6.92 Å². The van der Waals surface area contributed by atoms with E-state index in [0.29, 0.717) is 0 Å². The molecule has 0 aromatic rings. The van der Waals surface area contributed by atoms with Crippen molar-refractivity contribution in [3.8, 4) is 0 Å². The SMILES string of the molecule is C=C(C(=C)C(=O)NC(C(C)C)S(=O)(=O)OC)C(=O)[O-].C=C(OC(=O)CC(C)=O)C(=O)OCC.[Na+]. The van der Waals surface area contributed by atoms with Gasteiger partial charge in [-0.3, -0.25) is 18.6 Å². The summed E-state index contributed by atoms with van der Waals surface area (Å²) in [4.78, 5) is 54.4. The number of esters is 2. The predicted octanol–water partition coefficient (Wildman–Crippen LogP) is -3.49. The zero-order chi connectivity index (χ0) is 26.5. The first-order valence-electron chi connectivity index (χ1n) is 9.27. The Kier molecular flexibility index (Phi) is 18.3. The molecule has 1 amide bonds. The average molecular weight is 513 g/mol. The third kappa shape index (κ3) is 14.1. The molecule has 0 saturated heterocycles. The quantitative estimate of drug-likeness (QED) is 0.0520. The van der Waals surface area contributed by atoms with Gasteiger partial charge < -0.3 is 24.7 Å². The normalized spacial score (nSPS) is 10.9. The van der Waals surface area contributed by atoms with E-state index in [-0.39, 0.29) is 48.4 Å². The second-order valence-electron chi connectivity index (χ2n) is 6.54. The Labute approximate surface area is 220 Å². The average Bonchev–Trinajstić information content (AvgIpc) is 2.69. The summed E-state index contributed by atoms with van der Waals surface area (Å²) in [5.74, 6) is -5.47. The zero-order valence-electron chi connectivity index (χ0n) is 20.1. The molecule has 0 aliphatic heterocycles. The number of aliphatic carboxylic acids is 1. The molecule has 0 heterocycles. The first kappa shape index (κ1) is 36.3. The number of carbonyl (C=O) groups is 5. The topological polar surface area (TPSA) is 182 Å². The minimum Gasteiger partial charge on any atom is -0.545 e. The van der Waals surface area contributed by atoms with Crippen LogP contribution in [-0.2, 0) is 47.7 Å². The number of carbonyl (C=O) groups excluding carboxylic acids is 5. The Morgan fingerprint density at radius 2 is 1.53 bits per heavy atom. The molecule has 0 spiro atoms. The molecule has 0 saturated carbocycles. The number of hydrogen-bond donors (Lipinski definition) is 1. The smallest absolute Gasteiger partial charge is 0.545 e. The Hall–Kier alpha value is -2.32. The van der Waals surface area contributed by atoms with Crippen LogP contribution in [-0.4, -0.2) is 57.1 Å². The van der Waals surface area contributed by atoms with E-state index in [1.54, 1.807) is 20.8 Å². The van der Waals surface area contributed by atoms with Gasteiger partial charge in [0, 0.05) is 11.1 Å². The van der Waals surface area contributed by atoms with Crippen molar-refractivity contribution in [1.29, 1.82) is 0 Å². The van der Waals surface area contributed by atoms with Gasteiger partial charge in [0.05, 0.1) is 19.7 Å². The fraction of sp³-hybridized carbons (Fsp3) is 0.450. The summed E-state index contributed by atoms with van der Waals surface area (Å²) in [5.41, 5.74) is -1.09. The summed E-state index contributed by atoms with van der Waals surface area (Å²) in [6, 6.07) is 0. The second-order valence-corrected chi connectivity index (χ2v) is 8.37. The third-order valence-corrected chi connectivity index (χ3v) is 5.19. The number of rotatable bonds is 12. The first-order valence-corrected chi connectivity index (χ1v) is 10.7. The molecule has 1 N–H and O–H groups in total. The van der Waals surface area contributed by atoms with Gasteiger partial charge in [0.15, 0.2) is 5.37 Å². The third-order valence-electron chi connectivity index (χ3n) is 3.44. The Balaban J connectivity index is -0.000000573. The van der Waals surface area contributed by atoms with Crippen LogP contribution in [0.1, 0.15) is 34.1 Å². The molecule has 0 aliphatic carbocycles. The van der Waals surface area contributed by atoms with E-state index < -0.39 is 62.1 Å². The standard InChI is InChI=1S/C11H17NO6S.C9H12O5.Na/c1-6(2)10(19(16,17)18-5)12-9(13)7(3)8(4)11(14)15;1-4-13-9(12)7(3)14-8(11)5-6(2)10;/h6,10H,3-4H2,1-2,5H3,(H,12,13)(H,14,15);3-5H2,1-2H3;/q;;+1/p-1. The first-order chi connectivity index (χ1) is 15.0. The summed E-state index contributed by atoms with van der Waals surface area (Å²) in [6.45, 7) is 15.7. The second kappa shape index (κ2) is 17.2. The van der Waals surface area contributed by atoms with Crippen molar-refractivity contribution in [1.82, 2.24) is 5.32 Å². The number of carboxylic acids is 1. The molecule has 34 heavy (non-hydrogen) atoms. The number of ketones is 1. The molecule has 0 bridgehead atoms. The van der Waals surface area contributed by atoms with Gasteiger partial charge in [-0.15, -0.1) is 0 Å². The Morgan fingerprint density at radius 1 is 1.03 bits per heavy atom. The van der Waals surface area contributed by atoms with Crippen molar-refractivity contribution in [3.05, 3.63) is 36.6 Å². The number of amides is 1. The summed E-state index contributed by atoms with van der Waals surface area (Å²) in [6.07, 6.45) is -0.377. The molecular weight excluding hydrogens is 485 g/mol. The van der Waals surface area contributed by atoms with Crippen molar-refractivity contribution in [3.63, 3.8) is 0 Å². The van der Waals surface area contributed by atoms with Crippen molar-refractivity contribution < 1.29 is 80.7 Å². The summed E-state index contributed by atoms with van der Waals surface area (Å²) in [5, 5.41) is 11.3. The molecular formula is C20H28NNaO11S. The summed E-state index contributed by atoms with van der Waals surface area (Å²) < 4.78 is 36.5. The number of hydrogen-bond acceptors (Lipinski definition) is 11. The van der Waals surface area contributed by atoms with Crippen LogP contribution in [0.15, 0.2) is 36.6 Å². The Morgan fingerprint density at radius 3 is 1.88 bits per heavy atom. The van der Waals surface area contributed by atoms with Crippen molar-refractivity contribution in [2.24, 2.45) is 5.92 Å². The van der Waals surface area contributed by atoms with Gasteiger partial charge in [0.1, 0.15) is 12.2 Å². The minimum absolute atomic E-state index is 0. The van der Waals surface area contributed by atoms with E-state index in [2.05, 4.69) is 38.7 Å². The van der Waals surface area contributed by atoms with Gasteiger partial charge in [0.25, 0.3) is 16.0 Å². The summed E-state index contributed by atoms with van der Waals surface area (Å²) >= 11 is 0. The predicted molar refractivity (Wildman–Crippen MR) is 113 cm³/mol. The van der Waals surface area contributed by atoms with Crippen LogP contribution in [0.4, 0.5) is 0 Å². The number of Topliss-reactive ketones (excluding diaryl/α,β-unsaturated/α-hetero) is 1.